The van der Waals surface area contributed by atoms with Crippen molar-refractivity contribution in [1.82, 2.24) is 9.97 Å². The smallest absolute Gasteiger partial charge is 0.267 e. The van der Waals surface area contributed by atoms with Crippen molar-refractivity contribution in [2.24, 2.45) is 5.73 Å². The second-order valence-electron chi connectivity index (χ2n) is 5.48. The summed E-state index contributed by atoms with van der Waals surface area (Å²) in [5.41, 5.74) is 7.69. The van der Waals surface area contributed by atoms with E-state index in [-0.39, 0.29) is 17.6 Å². The maximum atomic E-state index is 13.2. The fraction of sp³-hybridized carbons (Fsp3) is 0.105. The molecule has 0 aliphatic heterocycles. The van der Waals surface area contributed by atoms with Crippen molar-refractivity contribution in [3.63, 3.8) is 0 Å². The molecule has 0 aliphatic rings. The van der Waals surface area contributed by atoms with Gasteiger partial charge in [-0.2, -0.15) is 0 Å². The van der Waals surface area contributed by atoms with Gasteiger partial charge in [0, 0.05) is 18.0 Å². The molecule has 1 amide bonds. The number of hydrogen-bond acceptors (Lipinski definition) is 4. The molecule has 3 aromatic rings. The average Bonchev–Trinajstić information content (AvgIpc) is 2.63. The highest BCUT2D eigenvalue weighted by Crippen LogP contribution is 2.33. The van der Waals surface area contributed by atoms with E-state index >= 15 is 0 Å². The lowest BCUT2D eigenvalue weighted by Crippen LogP contribution is -2.13. The molecule has 0 radical (unpaired) electrons. The highest BCUT2D eigenvalue weighted by Gasteiger charge is 2.15. The van der Waals surface area contributed by atoms with Crippen molar-refractivity contribution < 1.29 is 13.9 Å². The van der Waals surface area contributed by atoms with Crippen molar-refractivity contribution in [2.75, 3.05) is 0 Å². The van der Waals surface area contributed by atoms with E-state index in [4.69, 9.17) is 10.5 Å². The zero-order chi connectivity index (χ0) is 17.8. The number of hydrogen-bond donors (Lipinski definition) is 1. The Balaban J connectivity index is 2.00. The van der Waals surface area contributed by atoms with Crippen molar-refractivity contribution in [1.29, 1.82) is 0 Å². The summed E-state index contributed by atoms with van der Waals surface area (Å²) in [6.45, 7) is 1.89. The van der Waals surface area contributed by atoms with Gasteiger partial charge in [-0.3, -0.25) is 9.78 Å². The van der Waals surface area contributed by atoms with Gasteiger partial charge in [0.25, 0.3) is 5.91 Å². The van der Waals surface area contributed by atoms with Crippen molar-refractivity contribution in [3.05, 3.63) is 78.1 Å². The van der Waals surface area contributed by atoms with Gasteiger partial charge in [-0.25, -0.2) is 9.37 Å². The van der Waals surface area contributed by atoms with E-state index in [1.54, 1.807) is 30.6 Å². The molecule has 6 heteroatoms. The second kappa shape index (κ2) is 7.09. The van der Waals surface area contributed by atoms with Crippen LogP contribution in [-0.4, -0.2) is 15.9 Å². The molecule has 1 unspecified atom stereocenters. The van der Waals surface area contributed by atoms with Crippen LogP contribution in [-0.2, 0) is 0 Å². The molecule has 25 heavy (non-hydrogen) atoms. The Hall–Kier alpha value is -3.28. The highest BCUT2D eigenvalue weighted by atomic mass is 19.1. The van der Waals surface area contributed by atoms with E-state index in [0.29, 0.717) is 16.9 Å². The Morgan fingerprint density at radius 1 is 1.16 bits per heavy atom. The zero-order valence-electron chi connectivity index (χ0n) is 13.5. The molecule has 0 aliphatic carbocycles. The third kappa shape index (κ3) is 3.80. The van der Waals surface area contributed by atoms with E-state index in [1.165, 1.54) is 18.3 Å². The molecule has 126 valence electrons. The van der Waals surface area contributed by atoms with E-state index in [9.17, 15) is 9.18 Å². The van der Waals surface area contributed by atoms with Gasteiger partial charge in [0.15, 0.2) is 0 Å². The van der Waals surface area contributed by atoms with Gasteiger partial charge in [0.2, 0.25) is 0 Å². The first-order valence-corrected chi connectivity index (χ1v) is 7.67. The summed E-state index contributed by atoms with van der Waals surface area (Å²) in [5, 5.41) is 0. The maximum Gasteiger partial charge on any atom is 0.267 e. The number of benzene rings is 1. The third-order valence-corrected chi connectivity index (χ3v) is 3.75. The number of primary amides is 1. The summed E-state index contributed by atoms with van der Waals surface area (Å²) in [4.78, 5) is 19.5. The number of amides is 1. The van der Waals surface area contributed by atoms with Crippen LogP contribution in [0.25, 0.3) is 11.1 Å². The van der Waals surface area contributed by atoms with Gasteiger partial charge in [0.05, 0.1) is 6.20 Å². The number of halogens is 1. The lowest BCUT2D eigenvalue weighted by atomic mass is 10.0. The Bertz CT molecular complexity index is 883. The van der Waals surface area contributed by atoms with Gasteiger partial charge in [0.1, 0.15) is 23.4 Å². The first-order chi connectivity index (χ1) is 12.0. The molecule has 2 aromatic heterocycles. The lowest BCUT2D eigenvalue weighted by Gasteiger charge is -2.18. The summed E-state index contributed by atoms with van der Waals surface area (Å²) in [5.74, 6) is -0.515. The van der Waals surface area contributed by atoms with Crippen LogP contribution in [0.4, 0.5) is 4.39 Å². The fourth-order valence-corrected chi connectivity index (χ4v) is 2.42. The number of pyridine rings is 2. The van der Waals surface area contributed by atoms with Crippen LogP contribution < -0.4 is 10.5 Å². The molecule has 0 bridgehead atoms. The summed E-state index contributed by atoms with van der Waals surface area (Å²) in [7, 11) is 0. The van der Waals surface area contributed by atoms with Crippen molar-refractivity contribution >= 4 is 5.91 Å². The van der Waals surface area contributed by atoms with Gasteiger partial charge in [-0.1, -0.05) is 12.1 Å². The molecule has 1 atom stereocenters. The largest absolute Gasteiger partial charge is 0.484 e. The van der Waals surface area contributed by atoms with Crippen LogP contribution in [0.1, 0.15) is 29.1 Å². The summed E-state index contributed by atoms with van der Waals surface area (Å²) >= 11 is 0. The van der Waals surface area contributed by atoms with Crippen LogP contribution >= 0.6 is 0 Å². The van der Waals surface area contributed by atoms with Crippen LogP contribution in [0.5, 0.6) is 5.75 Å². The summed E-state index contributed by atoms with van der Waals surface area (Å²) in [6, 6.07) is 11.2. The number of rotatable bonds is 5. The van der Waals surface area contributed by atoms with E-state index < -0.39 is 5.91 Å². The molecule has 1 aromatic carbocycles. The minimum absolute atomic E-state index is 0.114. The molecule has 2 N–H and O–H groups in total. The van der Waals surface area contributed by atoms with E-state index in [2.05, 4.69) is 9.97 Å². The predicted molar refractivity (Wildman–Crippen MR) is 91.4 cm³/mol. The Morgan fingerprint density at radius 2 is 1.84 bits per heavy atom. The second-order valence-corrected chi connectivity index (χ2v) is 5.48. The molecule has 0 saturated carbocycles. The molecular weight excluding hydrogens is 321 g/mol. The molecule has 0 fully saturated rings. The van der Waals surface area contributed by atoms with Gasteiger partial charge >= 0.3 is 0 Å². The quantitative estimate of drug-likeness (QED) is 0.772. The van der Waals surface area contributed by atoms with E-state index in [1.807, 2.05) is 19.1 Å². The summed E-state index contributed by atoms with van der Waals surface area (Å²) < 4.78 is 19.2. The number of aromatic nitrogens is 2. The molecular formula is C19H16FN3O2. The average molecular weight is 337 g/mol. The first kappa shape index (κ1) is 16.6. The molecule has 3 rings (SSSR count). The van der Waals surface area contributed by atoms with Crippen LogP contribution in [0, 0.1) is 5.82 Å². The van der Waals surface area contributed by atoms with Gasteiger partial charge < -0.3 is 10.5 Å². The van der Waals surface area contributed by atoms with E-state index in [0.717, 1.165) is 5.56 Å². The molecule has 5 nitrogen and oxygen atoms in total. The topological polar surface area (TPSA) is 78.1 Å². The maximum absolute atomic E-state index is 13.2. The Morgan fingerprint density at radius 3 is 2.48 bits per heavy atom. The predicted octanol–water partition coefficient (Wildman–Crippen LogP) is 3.52. The normalized spacial score (nSPS) is 11.8. The van der Waals surface area contributed by atoms with Gasteiger partial charge in [-0.05, 0) is 48.4 Å². The zero-order valence-corrected chi connectivity index (χ0v) is 13.5. The number of carbonyl (C=O) groups excluding carboxylic acids is 1. The lowest BCUT2D eigenvalue weighted by molar-refractivity contribution is 0.0995. The van der Waals surface area contributed by atoms with Crippen molar-refractivity contribution in [3.8, 4) is 16.9 Å². The fourth-order valence-electron chi connectivity index (χ4n) is 2.42. The van der Waals surface area contributed by atoms with Crippen LogP contribution in [0.3, 0.4) is 0 Å². The minimum Gasteiger partial charge on any atom is -0.484 e. The monoisotopic (exact) mass is 337 g/mol. The Labute approximate surface area is 144 Å². The number of nitrogens with two attached hydrogens (primary N) is 1. The Kier molecular flexibility index (Phi) is 4.70. The standard InChI is InChI=1S/C19H16FN3O2/c1-12(13-6-8-22-9-7-13)25-18-11-23-17(19(21)24)10-16(18)14-2-4-15(20)5-3-14/h2-12H,1H3,(H2,21,24). The number of ether oxygens (including phenoxy) is 1. The number of nitrogens with zero attached hydrogens (tertiary/aromatic N) is 2. The minimum atomic E-state index is -0.642. The molecule has 0 saturated heterocycles. The first-order valence-electron chi connectivity index (χ1n) is 7.67. The highest BCUT2D eigenvalue weighted by molar-refractivity contribution is 5.92. The molecule has 0 spiro atoms. The molecule has 2 heterocycles. The van der Waals surface area contributed by atoms with Crippen molar-refractivity contribution in [2.45, 2.75) is 13.0 Å². The number of carbonyl (C=O) groups is 1. The third-order valence-electron chi connectivity index (χ3n) is 3.75. The van der Waals surface area contributed by atoms with Gasteiger partial charge in [-0.15, -0.1) is 0 Å². The van der Waals surface area contributed by atoms with Crippen LogP contribution in [0.15, 0.2) is 61.1 Å². The van der Waals surface area contributed by atoms with Crippen LogP contribution in [0.2, 0.25) is 0 Å². The SMILES string of the molecule is CC(Oc1cnc(C(N)=O)cc1-c1ccc(F)cc1)c1ccncc1. The summed E-state index contributed by atoms with van der Waals surface area (Å²) in [6.07, 6.45) is 4.56.